The number of hydrogen-bond acceptors (Lipinski definition) is 6. The second-order valence-corrected chi connectivity index (χ2v) is 8.23. The lowest BCUT2D eigenvalue weighted by molar-refractivity contribution is -0.120. The smallest absolute Gasteiger partial charge is 0.255 e. The van der Waals surface area contributed by atoms with E-state index in [0.29, 0.717) is 24.5 Å². The highest BCUT2D eigenvalue weighted by molar-refractivity contribution is 7.11. The molecule has 0 fully saturated rings. The second kappa shape index (κ2) is 9.32. The van der Waals surface area contributed by atoms with Crippen LogP contribution in [0.1, 0.15) is 29.7 Å². The molecular weight excluding hydrogens is 428 g/mol. The van der Waals surface area contributed by atoms with Crippen LogP contribution in [-0.4, -0.2) is 32.1 Å². The van der Waals surface area contributed by atoms with Crippen LogP contribution in [0.5, 0.6) is 17.2 Å². The number of amides is 2. The standard InChI is InChI=1S/C24H24N2O5S/c1-3-30-20-10-15(6-9-19(20)31-12-21(25)27)17-11-22(28)26-23-18(13-32-24(17)23)14-4-7-16(29-2)8-5-14/h4-10,13,17H,3,11-12H2,1-2H3,(H2,25,27)(H,26,28)/t17-/m1/s1. The molecule has 0 bridgehead atoms. The van der Waals surface area contributed by atoms with Crippen LogP contribution in [0.4, 0.5) is 5.69 Å². The highest BCUT2D eigenvalue weighted by Crippen LogP contribution is 2.47. The number of anilines is 1. The average molecular weight is 453 g/mol. The number of hydrogen-bond donors (Lipinski definition) is 2. The maximum Gasteiger partial charge on any atom is 0.255 e. The molecule has 8 heteroatoms. The van der Waals surface area contributed by atoms with Gasteiger partial charge in [-0.25, -0.2) is 0 Å². The van der Waals surface area contributed by atoms with E-state index in [1.165, 1.54) is 0 Å². The van der Waals surface area contributed by atoms with Crippen molar-refractivity contribution in [1.82, 2.24) is 0 Å². The van der Waals surface area contributed by atoms with E-state index in [1.54, 1.807) is 24.5 Å². The van der Waals surface area contributed by atoms with E-state index in [4.69, 9.17) is 19.9 Å². The Morgan fingerprint density at radius 3 is 2.62 bits per heavy atom. The van der Waals surface area contributed by atoms with Crippen LogP contribution in [-0.2, 0) is 9.59 Å². The van der Waals surface area contributed by atoms with Crippen LogP contribution in [0.25, 0.3) is 11.1 Å². The minimum atomic E-state index is -0.560. The molecule has 1 aromatic heterocycles. The first-order valence-electron chi connectivity index (χ1n) is 10.2. The highest BCUT2D eigenvalue weighted by Gasteiger charge is 2.31. The van der Waals surface area contributed by atoms with Gasteiger partial charge in [-0.2, -0.15) is 0 Å². The molecule has 0 saturated heterocycles. The number of rotatable bonds is 8. The summed E-state index contributed by atoms with van der Waals surface area (Å²) in [4.78, 5) is 24.8. The van der Waals surface area contributed by atoms with Gasteiger partial charge in [0.25, 0.3) is 5.91 Å². The minimum absolute atomic E-state index is 0.0392. The molecule has 7 nitrogen and oxygen atoms in total. The number of benzene rings is 2. The fourth-order valence-electron chi connectivity index (χ4n) is 3.76. The zero-order valence-corrected chi connectivity index (χ0v) is 18.7. The molecule has 166 valence electrons. The summed E-state index contributed by atoms with van der Waals surface area (Å²) < 4.78 is 16.5. The van der Waals surface area contributed by atoms with E-state index < -0.39 is 5.91 Å². The molecule has 0 spiro atoms. The number of thiophene rings is 1. The van der Waals surface area contributed by atoms with Gasteiger partial charge in [-0.1, -0.05) is 18.2 Å². The number of nitrogens with one attached hydrogen (secondary N) is 1. The number of nitrogens with two attached hydrogens (primary N) is 1. The molecule has 3 N–H and O–H groups in total. The quantitative estimate of drug-likeness (QED) is 0.535. The van der Waals surface area contributed by atoms with Crippen molar-refractivity contribution >= 4 is 28.8 Å². The first-order valence-corrected chi connectivity index (χ1v) is 11.1. The zero-order chi connectivity index (χ0) is 22.7. The maximum absolute atomic E-state index is 12.6. The monoisotopic (exact) mass is 452 g/mol. The van der Waals surface area contributed by atoms with Crippen molar-refractivity contribution in [2.24, 2.45) is 5.73 Å². The summed E-state index contributed by atoms with van der Waals surface area (Å²) in [6, 6.07) is 13.3. The Morgan fingerprint density at radius 2 is 1.94 bits per heavy atom. The maximum atomic E-state index is 12.6. The molecule has 0 unspecified atom stereocenters. The van der Waals surface area contributed by atoms with Crippen molar-refractivity contribution in [3.05, 3.63) is 58.3 Å². The van der Waals surface area contributed by atoms with E-state index in [9.17, 15) is 9.59 Å². The SMILES string of the molecule is CCOc1cc([C@H]2CC(=O)Nc3c(-c4ccc(OC)cc4)csc32)ccc1OCC(N)=O. The highest BCUT2D eigenvalue weighted by atomic mass is 32.1. The Balaban J connectivity index is 1.70. The Morgan fingerprint density at radius 1 is 1.16 bits per heavy atom. The van der Waals surface area contributed by atoms with E-state index in [-0.39, 0.29) is 18.4 Å². The van der Waals surface area contributed by atoms with Crippen molar-refractivity contribution in [2.75, 3.05) is 25.6 Å². The van der Waals surface area contributed by atoms with Crippen LogP contribution < -0.4 is 25.3 Å². The van der Waals surface area contributed by atoms with Crippen LogP contribution in [0.15, 0.2) is 47.8 Å². The molecule has 2 heterocycles. The topological polar surface area (TPSA) is 99.9 Å². The summed E-state index contributed by atoms with van der Waals surface area (Å²) in [6.07, 6.45) is 0.336. The first-order chi connectivity index (χ1) is 15.5. The van der Waals surface area contributed by atoms with Crippen molar-refractivity contribution < 1.29 is 23.8 Å². The Labute approximate surface area is 190 Å². The summed E-state index contributed by atoms with van der Waals surface area (Å²) in [5.41, 5.74) is 8.97. The van der Waals surface area contributed by atoms with Gasteiger partial charge in [0.1, 0.15) is 5.75 Å². The van der Waals surface area contributed by atoms with Gasteiger partial charge in [-0.3, -0.25) is 9.59 Å². The molecule has 0 saturated carbocycles. The Hall–Kier alpha value is -3.52. The lowest BCUT2D eigenvalue weighted by atomic mass is 9.89. The van der Waals surface area contributed by atoms with Gasteiger partial charge in [-0.05, 0) is 42.3 Å². The van der Waals surface area contributed by atoms with Crippen molar-refractivity contribution in [3.63, 3.8) is 0 Å². The van der Waals surface area contributed by atoms with E-state index in [2.05, 4.69) is 10.7 Å². The molecule has 1 aliphatic heterocycles. The van der Waals surface area contributed by atoms with Gasteiger partial charge >= 0.3 is 0 Å². The Kier molecular flexibility index (Phi) is 6.32. The molecule has 2 amide bonds. The van der Waals surface area contributed by atoms with Gasteiger partial charge in [0.05, 0.1) is 19.4 Å². The number of methoxy groups -OCH3 is 1. The van der Waals surface area contributed by atoms with E-state index in [0.717, 1.165) is 33.0 Å². The summed E-state index contributed by atoms with van der Waals surface area (Å²) >= 11 is 1.62. The first kappa shape index (κ1) is 21.7. The molecule has 3 aromatic rings. The lowest BCUT2D eigenvalue weighted by Crippen LogP contribution is -2.22. The third kappa shape index (κ3) is 4.40. The third-order valence-electron chi connectivity index (χ3n) is 5.23. The van der Waals surface area contributed by atoms with Crippen molar-refractivity contribution in [2.45, 2.75) is 19.3 Å². The van der Waals surface area contributed by atoms with Crippen LogP contribution >= 0.6 is 11.3 Å². The van der Waals surface area contributed by atoms with Crippen LogP contribution in [0, 0.1) is 0 Å². The predicted octanol–water partition coefficient (Wildman–Crippen LogP) is 4.16. The van der Waals surface area contributed by atoms with Gasteiger partial charge in [-0.15, -0.1) is 11.3 Å². The molecular formula is C24H24N2O5S. The van der Waals surface area contributed by atoms with Crippen LogP contribution in [0.2, 0.25) is 0 Å². The number of carbonyl (C=O) groups is 2. The fraction of sp³-hybridized carbons (Fsp3) is 0.250. The fourth-order valence-corrected chi connectivity index (χ4v) is 4.92. The second-order valence-electron chi connectivity index (χ2n) is 7.32. The van der Waals surface area contributed by atoms with Crippen molar-refractivity contribution in [1.29, 1.82) is 0 Å². The molecule has 1 atom stereocenters. The van der Waals surface area contributed by atoms with Crippen molar-refractivity contribution in [3.8, 4) is 28.4 Å². The Bertz CT molecular complexity index is 1140. The summed E-state index contributed by atoms with van der Waals surface area (Å²) in [5.74, 6) is 1.03. The summed E-state index contributed by atoms with van der Waals surface area (Å²) in [6.45, 7) is 2.08. The molecule has 4 rings (SSSR count). The van der Waals surface area contributed by atoms with Gasteiger partial charge < -0.3 is 25.3 Å². The minimum Gasteiger partial charge on any atom is -0.497 e. The third-order valence-corrected chi connectivity index (χ3v) is 6.33. The number of ether oxygens (including phenoxy) is 3. The molecule has 32 heavy (non-hydrogen) atoms. The summed E-state index contributed by atoms with van der Waals surface area (Å²) in [7, 11) is 1.63. The molecule has 1 aliphatic rings. The van der Waals surface area contributed by atoms with E-state index >= 15 is 0 Å². The average Bonchev–Trinajstić information content (AvgIpc) is 3.21. The predicted molar refractivity (Wildman–Crippen MR) is 124 cm³/mol. The zero-order valence-electron chi connectivity index (χ0n) is 17.8. The van der Waals surface area contributed by atoms with Gasteiger partial charge in [0.2, 0.25) is 5.91 Å². The number of primary amides is 1. The largest absolute Gasteiger partial charge is 0.497 e. The molecule has 2 aromatic carbocycles. The summed E-state index contributed by atoms with van der Waals surface area (Å²) in [5, 5.41) is 5.12. The number of carbonyl (C=O) groups excluding carboxylic acids is 2. The number of fused-ring (bicyclic) bond motifs is 1. The van der Waals surface area contributed by atoms with Gasteiger partial charge in [0, 0.05) is 28.2 Å². The lowest BCUT2D eigenvalue weighted by Gasteiger charge is -2.25. The normalized spacial score (nSPS) is 14.9. The molecule has 0 aliphatic carbocycles. The van der Waals surface area contributed by atoms with Gasteiger partial charge in [0.15, 0.2) is 18.1 Å². The van der Waals surface area contributed by atoms with Crippen LogP contribution in [0.3, 0.4) is 0 Å². The molecule has 0 radical (unpaired) electrons. The van der Waals surface area contributed by atoms with E-state index in [1.807, 2.05) is 43.3 Å².